The summed E-state index contributed by atoms with van der Waals surface area (Å²) in [6.07, 6.45) is 3.66. The SMILES string of the molecule is C=CCCCN(C)C(=O)c1ccccc1OCc1ccc(Cl)cc1. The molecule has 24 heavy (non-hydrogen) atoms. The molecule has 126 valence electrons. The molecule has 0 radical (unpaired) electrons. The van der Waals surface area contributed by atoms with Crippen molar-refractivity contribution in [3.63, 3.8) is 0 Å². The number of carbonyl (C=O) groups excluding carboxylic acids is 1. The van der Waals surface area contributed by atoms with Crippen LogP contribution in [0.25, 0.3) is 0 Å². The third-order valence-electron chi connectivity index (χ3n) is 3.67. The van der Waals surface area contributed by atoms with Gasteiger partial charge in [-0.1, -0.05) is 41.9 Å². The molecule has 0 saturated carbocycles. The number of para-hydroxylation sites is 1. The van der Waals surface area contributed by atoms with Gasteiger partial charge in [0.15, 0.2) is 0 Å². The van der Waals surface area contributed by atoms with Crippen LogP contribution in [0, 0.1) is 0 Å². The minimum Gasteiger partial charge on any atom is -0.488 e. The largest absolute Gasteiger partial charge is 0.488 e. The first-order valence-corrected chi connectivity index (χ1v) is 8.32. The van der Waals surface area contributed by atoms with Crippen LogP contribution >= 0.6 is 11.6 Å². The summed E-state index contributed by atoms with van der Waals surface area (Å²) in [4.78, 5) is 14.3. The van der Waals surface area contributed by atoms with Gasteiger partial charge in [-0.25, -0.2) is 0 Å². The van der Waals surface area contributed by atoms with Crippen LogP contribution in [0.1, 0.15) is 28.8 Å². The van der Waals surface area contributed by atoms with Crippen LogP contribution in [0.3, 0.4) is 0 Å². The smallest absolute Gasteiger partial charge is 0.257 e. The Kier molecular flexibility index (Phi) is 6.89. The lowest BCUT2D eigenvalue weighted by Crippen LogP contribution is -2.28. The van der Waals surface area contributed by atoms with Gasteiger partial charge in [0, 0.05) is 18.6 Å². The summed E-state index contributed by atoms with van der Waals surface area (Å²) in [6, 6.07) is 14.8. The molecule has 2 rings (SSSR count). The average Bonchev–Trinajstić information content (AvgIpc) is 2.61. The van der Waals surface area contributed by atoms with E-state index in [0.717, 1.165) is 18.4 Å². The van der Waals surface area contributed by atoms with E-state index in [4.69, 9.17) is 16.3 Å². The molecule has 2 aromatic rings. The molecule has 3 nitrogen and oxygen atoms in total. The molecule has 0 aliphatic rings. The molecule has 0 fully saturated rings. The second-order valence-corrected chi connectivity index (χ2v) is 6.01. The van der Waals surface area contributed by atoms with Gasteiger partial charge in [-0.15, -0.1) is 6.58 Å². The number of ether oxygens (including phenoxy) is 1. The van der Waals surface area contributed by atoms with Gasteiger partial charge in [-0.2, -0.15) is 0 Å². The first kappa shape index (κ1) is 18.1. The summed E-state index contributed by atoms with van der Waals surface area (Å²) in [5, 5.41) is 0.690. The van der Waals surface area contributed by atoms with Crippen LogP contribution in [0.2, 0.25) is 5.02 Å². The summed E-state index contributed by atoms with van der Waals surface area (Å²) >= 11 is 5.89. The van der Waals surface area contributed by atoms with Crippen LogP contribution in [-0.4, -0.2) is 24.4 Å². The Morgan fingerprint density at radius 1 is 1.21 bits per heavy atom. The van der Waals surface area contributed by atoms with Gasteiger partial charge in [0.2, 0.25) is 0 Å². The van der Waals surface area contributed by atoms with E-state index < -0.39 is 0 Å². The molecule has 0 spiro atoms. The van der Waals surface area contributed by atoms with Crippen molar-refractivity contribution in [3.8, 4) is 5.75 Å². The number of hydrogen-bond donors (Lipinski definition) is 0. The molecule has 1 amide bonds. The number of benzene rings is 2. The van der Waals surface area contributed by atoms with Gasteiger partial charge >= 0.3 is 0 Å². The van der Waals surface area contributed by atoms with Crippen LogP contribution < -0.4 is 4.74 Å². The highest BCUT2D eigenvalue weighted by Crippen LogP contribution is 2.21. The van der Waals surface area contributed by atoms with Crippen molar-refractivity contribution >= 4 is 17.5 Å². The fourth-order valence-electron chi connectivity index (χ4n) is 2.29. The highest BCUT2D eigenvalue weighted by atomic mass is 35.5. The Balaban J connectivity index is 2.04. The maximum absolute atomic E-state index is 12.6. The zero-order chi connectivity index (χ0) is 17.4. The minimum absolute atomic E-state index is 0.0363. The van der Waals surface area contributed by atoms with Crippen molar-refractivity contribution < 1.29 is 9.53 Å². The second-order valence-electron chi connectivity index (χ2n) is 5.57. The van der Waals surface area contributed by atoms with Gasteiger partial charge in [-0.3, -0.25) is 4.79 Å². The van der Waals surface area contributed by atoms with Gasteiger partial charge < -0.3 is 9.64 Å². The third-order valence-corrected chi connectivity index (χ3v) is 3.93. The predicted octanol–water partition coefficient (Wildman–Crippen LogP) is 4.96. The standard InChI is InChI=1S/C20H22ClNO2/c1-3-4-7-14-22(2)20(23)18-8-5-6-9-19(18)24-15-16-10-12-17(21)13-11-16/h3,5-6,8-13H,1,4,7,14-15H2,2H3. The van der Waals surface area contributed by atoms with Crippen molar-refractivity contribution in [1.29, 1.82) is 0 Å². The third kappa shape index (κ3) is 5.14. The Labute approximate surface area is 148 Å². The van der Waals surface area contributed by atoms with Crippen LogP contribution in [0.15, 0.2) is 61.2 Å². The lowest BCUT2D eigenvalue weighted by molar-refractivity contribution is 0.0789. The van der Waals surface area contributed by atoms with Crippen molar-refractivity contribution in [2.45, 2.75) is 19.4 Å². The fourth-order valence-corrected chi connectivity index (χ4v) is 2.42. The first-order chi connectivity index (χ1) is 11.6. The number of allylic oxidation sites excluding steroid dienone is 1. The first-order valence-electron chi connectivity index (χ1n) is 7.94. The van der Waals surface area contributed by atoms with E-state index >= 15 is 0 Å². The van der Waals surface area contributed by atoms with E-state index in [2.05, 4.69) is 6.58 Å². The molecular weight excluding hydrogens is 322 g/mol. The van der Waals surface area contributed by atoms with E-state index in [1.54, 1.807) is 18.0 Å². The topological polar surface area (TPSA) is 29.5 Å². The van der Waals surface area contributed by atoms with Crippen molar-refractivity contribution in [1.82, 2.24) is 4.90 Å². The van der Waals surface area contributed by atoms with Gasteiger partial charge in [0.25, 0.3) is 5.91 Å². The molecule has 0 aliphatic carbocycles. The predicted molar refractivity (Wildman–Crippen MR) is 98.6 cm³/mol. The van der Waals surface area contributed by atoms with E-state index in [1.807, 2.05) is 48.5 Å². The summed E-state index contributed by atoms with van der Waals surface area (Å²) in [6.45, 7) is 4.78. The molecule has 0 aromatic heterocycles. The van der Waals surface area contributed by atoms with Crippen LogP contribution in [0.5, 0.6) is 5.75 Å². The molecule has 0 aliphatic heterocycles. The van der Waals surface area contributed by atoms with Crippen molar-refractivity contribution in [3.05, 3.63) is 77.3 Å². The average molecular weight is 344 g/mol. The van der Waals surface area contributed by atoms with E-state index in [1.165, 1.54) is 0 Å². The highest BCUT2D eigenvalue weighted by molar-refractivity contribution is 6.30. The molecular formula is C20H22ClNO2. The number of halogens is 1. The molecule has 0 heterocycles. The summed E-state index contributed by atoms with van der Waals surface area (Å²) in [7, 11) is 1.81. The van der Waals surface area contributed by atoms with Gasteiger partial charge in [0.1, 0.15) is 12.4 Å². The lowest BCUT2D eigenvalue weighted by atomic mass is 10.1. The van der Waals surface area contributed by atoms with Crippen molar-refractivity contribution in [2.24, 2.45) is 0 Å². The van der Waals surface area contributed by atoms with Crippen LogP contribution in [-0.2, 0) is 6.61 Å². The normalized spacial score (nSPS) is 10.2. The Morgan fingerprint density at radius 3 is 2.62 bits per heavy atom. The lowest BCUT2D eigenvalue weighted by Gasteiger charge is -2.19. The molecule has 0 unspecified atom stereocenters. The van der Waals surface area contributed by atoms with E-state index in [0.29, 0.717) is 29.5 Å². The number of hydrogen-bond acceptors (Lipinski definition) is 2. The zero-order valence-corrected chi connectivity index (χ0v) is 14.6. The Hall–Kier alpha value is -2.26. The highest BCUT2D eigenvalue weighted by Gasteiger charge is 2.16. The molecule has 0 atom stereocenters. The maximum atomic E-state index is 12.6. The van der Waals surface area contributed by atoms with Crippen LogP contribution in [0.4, 0.5) is 0 Å². The summed E-state index contributed by atoms with van der Waals surface area (Å²) < 4.78 is 5.85. The number of nitrogens with zero attached hydrogens (tertiary/aromatic N) is 1. The number of carbonyl (C=O) groups is 1. The minimum atomic E-state index is -0.0363. The molecule has 4 heteroatoms. The van der Waals surface area contributed by atoms with E-state index in [-0.39, 0.29) is 5.91 Å². The molecule has 2 aromatic carbocycles. The summed E-state index contributed by atoms with van der Waals surface area (Å²) in [5.41, 5.74) is 1.58. The fraction of sp³-hybridized carbons (Fsp3) is 0.250. The van der Waals surface area contributed by atoms with Gasteiger partial charge in [-0.05, 0) is 42.7 Å². The number of unbranched alkanes of at least 4 members (excludes halogenated alkanes) is 1. The zero-order valence-electron chi connectivity index (χ0n) is 13.9. The van der Waals surface area contributed by atoms with Crippen molar-refractivity contribution in [2.75, 3.05) is 13.6 Å². The molecule has 0 saturated heterocycles. The monoisotopic (exact) mass is 343 g/mol. The summed E-state index contributed by atoms with van der Waals surface area (Å²) in [5.74, 6) is 0.554. The molecule has 0 N–H and O–H groups in total. The molecule has 0 bridgehead atoms. The Morgan fingerprint density at radius 2 is 1.92 bits per heavy atom. The number of amides is 1. The van der Waals surface area contributed by atoms with Gasteiger partial charge in [0.05, 0.1) is 5.56 Å². The second kappa shape index (κ2) is 9.14. The maximum Gasteiger partial charge on any atom is 0.257 e. The number of rotatable bonds is 8. The Bertz CT molecular complexity index is 682. The quantitative estimate of drug-likeness (QED) is 0.501. The van der Waals surface area contributed by atoms with E-state index in [9.17, 15) is 4.79 Å².